The molecule has 1 N–H and O–H groups in total. The summed E-state index contributed by atoms with van der Waals surface area (Å²) in [4.78, 5) is 27.3. The Morgan fingerprint density at radius 1 is 1.38 bits per heavy atom. The molecule has 6 heteroatoms. The Bertz CT molecular complexity index is 310. The molecule has 0 bridgehead atoms. The summed E-state index contributed by atoms with van der Waals surface area (Å²) in [5.41, 5.74) is -1.78. The number of hydrogen-bond acceptors (Lipinski definition) is 5. The van der Waals surface area contributed by atoms with Gasteiger partial charge in [0.1, 0.15) is 11.2 Å². The first kappa shape index (κ1) is 12.6. The summed E-state index contributed by atoms with van der Waals surface area (Å²) in [6.45, 7) is 8.11. The third-order valence-corrected chi connectivity index (χ3v) is 1.31. The van der Waals surface area contributed by atoms with Crippen molar-refractivity contribution in [3.8, 4) is 0 Å². The van der Waals surface area contributed by atoms with Gasteiger partial charge in [-0.15, -0.1) is 5.06 Å². The molecule has 0 aliphatic rings. The molecule has 0 aromatic rings. The summed E-state index contributed by atoms with van der Waals surface area (Å²) in [7, 11) is 0. The maximum absolute atomic E-state index is 11.5. The minimum Gasteiger partial charge on any atom is -0.442 e. The summed E-state index contributed by atoms with van der Waals surface area (Å²) in [5.74, 6) is 0. The molecule has 2 amide bonds. The molecule has 0 spiro atoms. The Kier molecular flexibility index (Phi) is 4.00. The normalized spacial score (nSPS) is 13.4. The van der Waals surface area contributed by atoms with Gasteiger partial charge in [-0.05, 0) is 34.6 Å². The van der Waals surface area contributed by atoms with Crippen LogP contribution >= 0.6 is 0 Å². The highest BCUT2D eigenvalue weighted by molar-refractivity contribution is 5.79. The Balaban J connectivity index is 4.64. The van der Waals surface area contributed by atoms with Crippen molar-refractivity contribution in [1.29, 1.82) is 5.40 Å². The highest BCUT2D eigenvalue weighted by Crippen LogP contribution is 2.13. The molecule has 0 aromatic carbocycles. The van der Waals surface area contributed by atoms with Crippen LogP contribution < -0.4 is 0 Å². The molecule has 0 fully saturated rings. The van der Waals surface area contributed by atoms with Crippen molar-refractivity contribution in [1.82, 2.24) is 5.06 Å². The van der Waals surface area contributed by atoms with Gasteiger partial charge >= 0.3 is 6.09 Å². The molecule has 0 saturated carbocycles. The lowest BCUT2D eigenvalue weighted by atomic mass is 10.2. The van der Waals surface area contributed by atoms with Crippen LogP contribution in [0.5, 0.6) is 0 Å². The van der Waals surface area contributed by atoms with E-state index in [9.17, 15) is 9.59 Å². The Labute approximate surface area is 96.4 Å². The van der Waals surface area contributed by atoms with Crippen LogP contribution in [-0.4, -0.2) is 35.0 Å². The first-order valence-corrected chi connectivity index (χ1v) is 4.76. The van der Waals surface area contributed by atoms with Crippen molar-refractivity contribution in [2.45, 2.75) is 45.8 Å². The third kappa shape index (κ3) is 5.45. The molecule has 16 heavy (non-hydrogen) atoms. The van der Waals surface area contributed by atoms with E-state index in [0.29, 0.717) is 5.06 Å². The maximum atomic E-state index is 11.5. The molecule has 0 atom stereocenters. The van der Waals surface area contributed by atoms with Gasteiger partial charge in [-0.3, -0.25) is 4.79 Å². The molecule has 0 rings (SSSR count). The molecule has 0 unspecified atom stereocenters. The van der Waals surface area contributed by atoms with Crippen molar-refractivity contribution >= 4 is 18.7 Å². The van der Waals surface area contributed by atoms with Crippen LogP contribution in [0, 0.1) is 5.40 Å². The summed E-state index contributed by atoms with van der Waals surface area (Å²) in [6.07, 6.45) is 0.431. The number of nitrogens with one attached hydrogen (secondary N) is 1. The van der Waals surface area contributed by atoms with E-state index >= 15 is 0 Å². The van der Waals surface area contributed by atoms with Crippen LogP contribution in [0.25, 0.3) is 0 Å². The van der Waals surface area contributed by atoms with Gasteiger partial charge < -0.3 is 10.1 Å². The summed E-state index contributed by atoms with van der Waals surface area (Å²) in [6, 6.07) is 0. The lowest BCUT2D eigenvalue weighted by molar-refractivity contribution is -0.189. The first-order chi connectivity index (χ1) is 7.61. The second-order valence-electron chi connectivity index (χ2n) is 4.74. The van der Waals surface area contributed by atoms with Gasteiger partial charge in [-0.1, -0.05) is 0 Å². The Morgan fingerprint density at radius 3 is 2.31 bits per heavy atom. The molecule has 0 aliphatic carbocycles. The quantitative estimate of drug-likeness (QED) is 0.453. The number of hydroxylamine groups is 2. The highest BCUT2D eigenvalue weighted by Gasteiger charge is 2.28. The van der Waals surface area contributed by atoms with Crippen molar-refractivity contribution in [3.63, 3.8) is 0 Å². The van der Waals surface area contributed by atoms with Crippen molar-refractivity contribution < 1.29 is 20.6 Å². The molecule has 0 aromatic heterocycles. The fraction of sp³-hybridized carbons (Fsp3) is 0.700. The van der Waals surface area contributed by atoms with Crippen molar-refractivity contribution in [2.75, 3.05) is 0 Å². The molecule has 0 radical (unpaired) electrons. The number of imide groups is 1. The Morgan fingerprint density at radius 2 is 1.94 bits per heavy atom. The van der Waals surface area contributed by atoms with Gasteiger partial charge in [0.05, 0.1) is 0 Å². The molecule has 0 heterocycles. The van der Waals surface area contributed by atoms with Crippen LogP contribution in [0.3, 0.4) is 0 Å². The van der Waals surface area contributed by atoms with Crippen LogP contribution in [0.4, 0.5) is 4.79 Å². The first-order valence-electron chi connectivity index (χ1n) is 5.21. The monoisotopic (exact) mass is 230 g/mol. The maximum Gasteiger partial charge on any atom is 0.441 e. The average Bonchev–Trinajstić information content (AvgIpc) is 2.11. The zero-order valence-corrected chi connectivity index (χ0v) is 10.2. The average molecular weight is 230 g/mol. The van der Waals surface area contributed by atoms with Crippen LogP contribution in [0.15, 0.2) is 0 Å². The molecule has 6 nitrogen and oxygen atoms in total. The topological polar surface area (TPSA) is 79.7 Å². The summed E-state index contributed by atoms with van der Waals surface area (Å²) >= 11 is 0. The van der Waals surface area contributed by atoms with Gasteiger partial charge in [0.15, 0.2) is 1.41 Å². The van der Waals surface area contributed by atoms with E-state index < -0.39 is 17.3 Å². The fourth-order valence-electron chi connectivity index (χ4n) is 0.686. The predicted octanol–water partition coefficient (Wildman–Crippen LogP) is 1.74. The van der Waals surface area contributed by atoms with Gasteiger partial charge in [-0.25, -0.2) is 9.63 Å². The van der Waals surface area contributed by atoms with E-state index in [4.69, 9.17) is 11.0 Å². The predicted molar refractivity (Wildman–Crippen MR) is 58.1 cm³/mol. The standard InChI is InChI=1S/C10H18N2O4/c1-9(2,3)15-8(14)12(7-13)16-10(4,5)6-11/h6-7,11H,1-5H3/b11-6-. The van der Waals surface area contributed by atoms with Crippen molar-refractivity contribution in [3.05, 3.63) is 0 Å². The minimum absolute atomic E-state index is 0.202. The van der Waals surface area contributed by atoms with Gasteiger partial charge in [0.25, 0.3) is 0 Å². The van der Waals surface area contributed by atoms with E-state index in [1.807, 2.05) is 0 Å². The number of carbonyl (C=O) groups excluding carboxylic acids is 2. The fourth-order valence-corrected chi connectivity index (χ4v) is 0.686. The number of nitrogens with zero attached hydrogens (tertiary/aromatic N) is 1. The number of rotatable bonds is 4. The summed E-state index contributed by atoms with van der Waals surface area (Å²) < 4.78 is 11.6. The molecular weight excluding hydrogens is 212 g/mol. The lowest BCUT2D eigenvalue weighted by Crippen LogP contribution is -2.42. The molecular formula is C10H18N2O4. The number of hydrogen-bond donors (Lipinski definition) is 1. The van der Waals surface area contributed by atoms with E-state index in [1.165, 1.54) is 0 Å². The van der Waals surface area contributed by atoms with E-state index in [0.717, 1.165) is 6.21 Å². The molecule has 92 valence electrons. The minimum atomic E-state index is -1.06. The molecule has 0 aliphatic heterocycles. The van der Waals surface area contributed by atoms with Gasteiger partial charge in [-0.2, -0.15) is 0 Å². The summed E-state index contributed by atoms with van der Waals surface area (Å²) in [5, 5.41) is 3.47. The van der Waals surface area contributed by atoms with E-state index in [1.54, 1.807) is 34.6 Å². The number of amides is 2. The Hall–Kier alpha value is -1.43. The molecule has 0 saturated heterocycles. The van der Waals surface area contributed by atoms with Gasteiger partial charge in [0, 0.05) is 6.21 Å². The van der Waals surface area contributed by atoms with Crippen molar-refractivity contribution in [2.24, 2.45) is 0 Å². The van der Waals surface area contributed by atoms with Crippen LogP contribution in [0.1, 0.15) is 34.6 Å². The number of ether oxygens (including phenoxy) is 1. The zero-order chi connectivity index (χ0) is 13.7. The van der Waals surface area contributed by atoms with Crippen LogP contribution in [-0.2, 0) is 14.4 Å². The van der Waals surface area contributed by atoms with E-state index in [-0.39, 0.29) is 6.41 Å². The van der Waals surface area contributed by atoms with Crippen LogP contribution in [0.2, 0.25) is 1.41 Å². The second-order valence-corrected chi connectivity index (χ2v) is 4.74. The SMILES string of the molecule is [H]/N=C\C(C)(C)ON(C=O)C(=O)OC(C)(C)C. The smallest absolute Gasteiger partial charge is 0.441 e. The lowest BCUT2D eigenvalue weighted by Gasteiger charge is -2.27. The second kappa shape index (κ2) is 5.07. The van der Waals surface area contributed by atoms with E-state index in [2.05, 4.69) is 5.40 Å². The van der Waals surface area contributed by atoms with Gasteiger partial charge in [0.2, 0.25) is 6.41 Å². The largest absolute Gasteiger partial charge is 0.442 e. The zero-order valence-electron chi connectivity index (χ0n) is 11.2. The number of carbonyl (C=O) groups is 2. The third-order valence-electron chi connectivity index (χ3n) is 1.31. The highest BCUT2D eigenvalue weighted by atomic mass is 16.7.